The van der Waals surface area contributed by atoms with Crippen LogP contribution in [0.15, 0.2) is 34.7 Å². The lowest BCUT2D eigenvalue weighted by atomic mass is 10.1. The summed E-state index contributed by atoms with van der Waals surface area (Å²) in [5.41, 5.74) is 0.922. The van der Waals surface area contributed by atoms with Gasteiger partial charge in [0.1, 0.15) is 5.76 Å². The van der Waals surface area contributed by atoms with Crippen LogP contribution in [0.1, 0.15) is 35.9 Å². The highest BCUT2D eigenvalue weighted by Gasteiger charge is 2.34. The van der Waals surface area contributed by atoms with E-state index in [2.05, 4.69) is 4.98 Å². The largest absolute Gasteiger partial charge is 0.438 e. The van der Waals surface area contributed by atoms with Crippen molar-refractivity contribution in [1.82, 2.24) is 4.98 Å². The molecule has 124 valence electrons. The number of carbonyl (C=O) groups excluding carboxylic acids is 1. The molecular formula is C16H20NO5P. The molecule has 7 heteroatoms. The Morgan fingerprint density at radius 2 is 1.78 bits per heavy atom. The third kappa shape index (κ3) is 4.16. The first kappa shape index (κ1) is 17.6. The van der Waals surface area contributed by atoms with Crippen molar-refractivity contribution in [3.63, 3.8) is 0 Å². The lowest BCUT2D eigenvalue weighted by Crippen LogP contribution is -2.15. The SMILES string of the molecule is CCOP(=O)(OCC)c1nc(C(=O)Cc2ccccc2)oc1C. The van der Waals surface area contributed by atoms with Crippen LogP contribution in [0.3, 0.4) is 0 Å². The summed E-state index contributed by atoms with van der Waals surface area (Å²) in [5, 5.41) is 0. The lowest BCUT2D eigenvalue weighted by molar-refractivity contribution is 0.0958. The zero-order valence-corrected chi connectivity index (χ0v) is 14.3. The van der Waals surface area contributed by atoms with Crippen LogP contribution in [0.5, 0.6) is 0 Å². The van der Waals surface area contributed by atoms with Crippen LogP contribution >= 0.6 is 7.60 Å². The Hall–Kier alpha value is -1.75. The van der Waals surface area contributed by atoms with Crippen LogP contribution in [0.25, 0.3) is 0 Å². The zero-order chi connectivity index (χ0) is 16.9. The van der Waals surface area contributed by atoms with Gasteiger partial charge in [-0.1, -0.05) is 30.3 Å². The predicted molar refractivity (Wildman–Crippen MR) is 86.2 cm³/mol. The third-order valence-electron chi connectivity index (χ3n) is 3.08. The molecule has 6 nitrogen and oxygen atoms in total. The van der Waals surface area contributed by atoms with Gasteiger partial charge >= 0.3 is 7.60 Å². The molecule has 2 aromatic rings. The van der Waals surface area contributed by atoms with Crippen molar-refractivity contribution in [2.75, 3.05) is 13.2 Å². The second kappa shape index (κ2) is 7.68. The summed E-state index contributed by atoms with van der Waals surface area (Å²) >= 11 is 0. The molecular weight excluding hydrogens is 317 g/mol. The normalized spacial score (nSPS) is 11.6. The average Bonchev–Trinajstić information content (AvgIpc) is 2.92. The topological polar surface area (TPSA) is 78.6 Å². The molecule has 0 saturated heterocycles. The molecule has 1 heterocycles. The van der Waals surface area contributed by atoms with Crippen molar-refractivity contribution < 1.29 is 22.8 Å². The summed E-state index contributed by atoms with van der Waals surface area (Å²) in [6, 6.07) is 9.28. The molecule has 0 unspecified atom stereocenters. The molecule has 0 fully saturated rings. The van der Waals surface area contributed by atoms with Crippen molar-refractivity contribution in [2.24, 2.45) is 0 Å². The van der Waals surface area contributed by atoms with E-state index in [1.165, 1.54) is 0 Å². The van der Waals surface area contributed by atoms with Gasteiger partial charge in [0.2, 0.25) is 5.78 Å². The van der Waals surface area contributed by atoms with E-state index in [1.54, 1.807) is 20.8 Å². The second-order valence-electron chi connectivity index (χ2n) is 4.82. The van der Waals surface area contributed by atoms with Crippen LogP contribution < -0.4 is 5.44 Å². The highest BCUT2D eigenvalue weighted by molar-refractivity contribution is 7.62. The molecule has 0 aliphatic heterocycles. The van der Waals surface area contributed by atoms with E-state index < -0.39 is 7.60 Å². The van der Waals surface area contributed by atoms with Crippen molar-refractivity contribution in [1.29, 1.82) is 0 Å². The van der Waals surface area contributed by atoms with Crippen LogP contribution in [0, 0.1) is 6.92 Å². The Bertz CT molecular complexity index is 701. The summed E-state index contributed by atoms with van der Waals surface area (Å²) in [6.07, 6.45) is 0.161. The molecule has 0 atom stereocenters. The standard InChI is InChI=1S/C16H20NO5P/c1-4-20-23(19,21-5-2)16-12(3)22-15(17-16)14(18)11-13-9-7-6-8-10-13/h6-10H,4-5,11H2,1-3H3. The molecule has 0 radical (unpaired) electrons. The summed E-state index contributed by atoms with van der Waals surface area (Å²) in [6.45, 7) is 5.42. The van der Waals surface area contributed by atoms with Crippen molar-refractivity contribution in [3.05, 3.63) is 47.5 Å². The van der Waals surface area contributed by atoms with E-state index in [9.17, 15) is 9.36 Å². The fourth-order valence-electron chi connectivity index (χ4n) is 2.12. The van der Waals surface area contributed by atoms with Gasteiger partial charge in [-0.25, -0.2) is 0 Å². The van der Waals surface area contributed by atoms with E-state index in [0.29, 0.717) is 0 Å². The number of aromatic nitrogens is 1. The number of nitrogens with zero attached hydrogens (tertiary/aromatic N) is 1. The number of oxazole rings is 1. The van der Waals surface area contributed by atoms with Gasteiger partial charge < -0.3 is 13.5 Å². The van der Waals surface area contributed by atoms with Gasteiger partial charge in [0.15, 0.2) is 5.44 Å². The maximum atomic E-state index is 12.8. The van der Waals surface area contributed by atoms with Gasteiger partial charge in [-0.05, 0) is 26.3 Å². The first-order chi connectivity index (χ1) is 11.0. The number of ketones is 1. The number of hydrogen-bond acceptors (Lipinski definition) is 6. The van der Waals surface area contributed by atoms with Crippen molar-refractivity contribution in [2.45, 2.75) is 27.2 Å². The molecule has 0 aliphatic rings. The molecule has 0 amide bonds. The fourth-order valence-corrected chi connectivity index (χ4v) is 3.76. The van der Waals surface area contributed by atoms with Gasteiger partial charge in [-0.15, -0.1) is 0 Å². The van der Waals surface area contributed by atoms with Gasteiger partial charge in [0.05, 0.1) is 13.2 Å². The minimum atomic E-state index is -3.57. The summed E-state index contributed by atoms with van der Waals surface area (Å²) in [7, 11) is -3.57. The number of hydrogen-bond donors (Lipinski definition) is 0. The molecule has 23 heavy (non-hydrogen) atoms. The Balaban J connectivity index is 2.26. The van der Waals surface area contributed by atoms with Gasteiger partial charge in [-0.2, -0.15) is 4.98 Å². The third-order valence-corrected chi connectivity index (χ3v) is 5.21. The highest BCUT2D eigenvalue weighted by Crippen LogP contribution is 2.47. The molecule has 0 saturated carbocycles. The van der Waals surface area contributed by atoms with E-state index in [0.717, 1.165) is 5.56 Å². The van der Waals surface area contributed by atoms with E-state index in [4.69, 9.17) is 13.5 Å². The number of carbonyl (C=O) groups is 1. The number of rotatable bonds is 8. The molecule has 0 spiro atoms. The van der Waals surface area contributed by atoms with Crippen LogP contribution in [0.2, 0.25) is 0 Å². The average molecular weight is 337 g/mol. The Morgan fingerprint density at radius 3 is 2.35 bits per heavy atom. The first-order valence-corrected chi connectivity index (χ1v) is 8.98. The van der Waals surface area contributed by atoms with Gasteiger partial charge in [0.25, 0.3) is 5.89 Å². The fraction of sp³-hybridized carbons (Fsp3) is 0.375. The van der Waals surface area contributed by atoms with Crippen molar-refractivity contribution in [3.8, 4) is 0 Å². The molecule has 0 aliphatic carbocycles. The summed E-state index contributed by atoms with van der Waals surface area (Å²) in [4.78, 5) is 16.4. The van der Waals surface area contributed by atoms with E-state index in [1.807, 2.05) is 30.3 Å². The predicted octanol–water partition coefficient (Wildman–Crippen LogP) is 3.30. The quantitative estimate of drug-likeness (QED) is 0.543. The Kier molecular flexibility index (Phi) is 5.88. The van der Waals surface area contributed by atoms with Crippen LogP contribution in [-0.4, -0.2) is 24.0 Å². The minimum Gasteiger partial charge on any atom is -0.438 e. The highest BCUT2D eigenvalue weighted by atomic mass is 31.2. The van der Waals surface area contributed by atoms with Gasteiger partial charge in [0, 0.05) is 6.42 Å². The van der Waals surface area contributed by atoms with E-state index >= 15 is 0 Å². The molecule has 0 bridgehead atoms. The molecule has 1 aromatic heterocycles. The van der Waals surface area contributed by atoms with E-state index in [-0.39, 0.29) is 42.5 Å². The molecule has 0 N–H and O–H groups in total. The second-order valence-corrected chi connectivity index (χ2v) is 6.75. The lowest BCUT2D eigenvalue weighted by Gasteiger charge is -2.14. The maximum absolute atomic E-state index is 12.8. The number of aryl methyl sites for hydroxylation is 1. The smallest absolute Gasteiger partial charge is 0.383 e. The summed E-state index contributed by atoms with van der Waals surface area (Å²) < 4.78 is 28.6. The maximum Gasteiger partial charge on any atom is 0.383 e. The molecule has 1 aromatic carbocycles. The monoisotopic (exact) mass is 337 g/mol. The Labute approximate surface area is 135 Å². The first-order valence-electron chi connectivity index (χ1n) is 7.44. The summed E-state index contributed by atoms with van der Waals surface area (Å²) in [5.74, 6) is -0.0993. The number of benzene rings is 1. The van der Waals surface area contributed by atoms with Gasteiger partial charge in [-0.3, -0.25) is 9.36 Å². The zero-order valence-electron chi connectivity index (χ0n) is 13.4. The molecule has 2 rings (SSSR count). The number of Topliss-reactive ketones (excluding diaryl/α,β-unsaturated/α-hetero) is 1. The Morgan fingerprint density at radius 1 is 1.17 bits per heavy atom. The minimum absolute atomic E-state index is 0.0672. The van der Waals surface area contributed by atoms with Crippen LogP contribution in [0.4, 0.5) is 0 Å². The van der Waals surface area contributed by atoms with Crippen molar-refractivity contribution >= 4 is 18.8 Å². The van der Waals surface area contributed by atoms with Crippen LogP contribution in [-0.2, 0) is 20.0 Å².